The number of rotatable bonds is 2. The third-order valence-corrected chi connectivity index (χ3v) is 4.17. The van der Waals surface area contributed by atoms with E-state index in [2.05, 4.69) is 31.7 Å². The van der Waals surface area contributed by atoms with Gasteiger partial charge in [-0.15, -0.1) is 0 Å². The summed E-state index contributed by atoms with van der Waals surface area (Å²) in [6.07, 6.45) is 1.20. The summed E-state index contributed by atoms with van der Waals surface area (Å²) < 4.78 is 0. The summed E-state index contributed by atoms with van der Waals surface area (Å²) in [6, 6.07) is 8.30. The van der Waals surface area contributed by atoms with E-state index in [1.165, 1.54) is 6.42 Å². The van der Waals surface area contributed by atoms with E-state index in [1.54, 1.807) is 0 Å². The van der Waals surface area contributed by atoms with Gasteiger partial charge < -0.3 is 10.6 Å². The number of hydrogen-bond acceptors (Lipinski definition) is 3. The highest BCUT2D eigenvalue weighted by molar-refractivity contribution is 5.61. The second-order valence-electron chi connectivity index (χ2n) is 6.47. The number of nitrogens with two attached hydrogens (primary N) is 1. The van der Waals surface area contributed by atoms with Crippen LogP contribution in [0.2, 0.25) is 0 Å². The summed E-state index contributed by atoms with van der Waals surface area (Å²) in [5.74, 6) is 0.688. The zero-order valence-corrected chi connectivity index (χ0v) is 12.1. The van der Waals surface area contributed by atoms with Crippen molar-refractivity contribution in [3.8, 4) is 6.07 Å². The molecule has 0 spiro atoms. The zero-order chi connectivity index (χ0) is 14.0. The molecule has 0 aliphatic carbocycles. The third-order valence-electron chi connectivity index (χ3n) is 4.17. The Morgan fingerprint density at radius 3 is 2.68 bits per heavy atom. The van der Waals surface area contributed by atoms with Crippen LogP contribution in [0.4, 0.5) is 5.69 Å². The quantitative estimate of drug-likeness (QED) is 0.886. The lowest BCUT2D eigenvalue weighted by Crippen LogP contribution is -2.26. The molecule has 1 saturated heterocycles. The molecule has 1 aromatic rings. The first kappa shape index (κ1) is 13.9. The van der Waals surface area contributed by atoms with E-state index in [-0.39, 0.29) is 0 Å². The van der Waals surface area contributed by atoms with Gasteiger partial charge in [0.1, 0.15) is 6.07 Å². The molecule has 1 aliphatic rings. The van der Waals surface area contributed by atoms with Crippen LogP contribution < -0.4 is 10.6 Å². The van der Waals surface area contributed by atoms with Gasteiger partial charge in [0, 0.05) is 19.6 Å². The second kappa shape index (κ2) is 5.22. The monoisotopic (exact) mass is 257 g/mol. The highest BCUT2D eigenvalue weighted by atomic mass is 15.2. The molecule has 1 fully saturated rings. The lowest BCUT2D eigenvalue weighted by atomic mass is 9.80. The first-order valence-corrected chi connectivity index (χ1v) is 6.93. The highest BCUT2D eigenvalue weighted by Gasteiger charge is 2.32. The molecule has 0 radical (unpaired) electrons. The van der Waals surface area contributed by atoms with Gasteiger partial charge in [-0.25, -0.2) is 0 Å². The topological polar surface area (TPSA) is 53.0 Å². The van der Waals surface area contributed by atoms with Crippen LogP contribution in [0.25, 0.3) is 0 Å². The summed E-state index contributed by atoms with van der Waals surface area (Å²) >= 11 is 0. The van der Waals surface area contributed by atoms with Crippen molar-refractivity contribution in [2.45, 2.75) is 33.7 Å². The number of nitriles is 1. The Morgan fingerprint density at radius 2 is 2.16 bits per heavy atom. The Bertz CT molecular complexity index is 494. The van der Waals surface area contributed by atoms with Gasteiger partial charge in [0.05, 0.1) is 11.3 Å². The fraction of sp³-hybridized carbons (Fsp3) is 0.562. The maximum Gasteiger partial charge on any atom is 0.101 e. The van der Waals surface area contributed by atoms with Crippen molar-refractivity contribution in [3.05, 3.63) is 29.3 Å². The van der Waals surface area contributed by atoms with Crippen LogP contribution >= 0.6 is 0 Å². The molecule has 0 saturated carbocycles. The Morgan fingerprint density at radius 1 is 1.42 bits per heavy atom. The SMILES string of the molecule is CC(C)(C)C1CCN(c2ccc(CN)cc2C#N)C1. The van der Waals surface area contributed by atoms with Crippen LogP contribution in [0, 0.1) is 22.7 Å². The van der Waals surface area contributed by atoms with Gasteiger partial charge in [-0.3, -0.25) is 0 Å². The predicted molar refractivity (Wildman–Crippen MR) is 78.8 cm³/mol. The number of benzene rings is 1. The number of anilines is 1. The Kier molecular flexibility index (Phi) is 3.82. The highest BCUT2D eigenvalue weighted by Crippen LogP contribution is 2.36. The second-order valence-corrected chi connectivity index (χ2v) is 6.47. The van der Waals surface area contributed by atoms with Crippen molar-refractivity contribution in [3.63, 3.8) is 0 Å². The first-order chi connectivity index (χ1) is 8.95. The molecule has 3 heteroatoms. The van der Waals surface area contributed by atoms with Crippen molar-refractivity contribution >= 4 is 5.69 Å². The average molecular weight is 257 g/mol. The minimum atomic E-state index is 0.332. The van der Waals surface area contributed by atoms with Gasteiger partial charge in [0.2, 0.25) is 0 Å². The zero-order valence-electron chi connectivity index (χ0n) is 12.1. The van der Waals surface area contributed by atoms with Crippen LogP contribution in [0.5, 0.6) is 0 Å². The van der Waals surface area contributed by atoms with Crippen LogP contribution in [0.3, 0.4) is 0 Å². The maximum atomic E-state index is 9.31. The molecule has 2 rings (SSSR count). The fourth-order valence-corrected chi connectivity index (χ4v) is 2.76. The molecule has 1 atom stereocenters. The summed E-state index contributed by atoms with van der Waals surface area (Å²) in [4.78, 5) is 2.34. The average Bonchev–Trinajstić information content (AvgIpc) is 2.87. The van der Waals surface area contributed by atoms with Crippen molar-refractivity contribution in [1.29, 1.82) is 5.26 Å². The van der Waals surface area contributed by atoms with E-state index in [1.807, 2.05) is 18.2 Å². The number of nitrogens with zero attached hydrogens (tertiary/aromatic N) is 2. The van der Waals surface area contributed by atoms with Crippen molar-refractivity contribution < 1.29 is 0 Å². The molecule has 3 nitrogen and oxygen atoms in total. The molecular formula is C16H23N3. The van der Waals surface area contributed by atoms with Crippen LogP contribution in [0.1, 0.15) is 38.3 Å². The van der Waals surface area contributed by atoms with Gasteiger partial charge in [-0.05, 0) is 35.4 Å². The van der Waals surface area contributed by atoms with Crippen molar-refractivity contribution in [2.75, 3.05) is 18.0 Å². The predicted octanol–water partition coefficient (Wildman–Crippen LogP) is 2.89. The van der Waals surface area contributed by atoms with Crippen LogP contribution in [-0.2, 0) is 6.54 Å². The fourth-order valence-electron chi connectivity index (χ4n) is 2.76. The van der Waals surface area contributed by atoms with E-state index in [0.29, 0.717) is 17.9 Å². The van der Waals surface area contributed by atoms with E-state index < -0.39 is 0 Å². The minimum Gasteiger partial charge on any atom is -0.370 e. The molecule has 0 amide bonds. The molecule has 1 aliphatic heterocycles. The molecular weight excluding hydrogens is 234 g/mol. The molecule has 0 bridgehead atoms. The molecule has 2 N–H and O–H groups in total. The standard InChI is InChI=1S/C16H23N3/c1-16(2,3)14-6-7-19(11-14)15-5-4-12(9-17)8-13(15)10-18/h4-5,8,14H,6-7,9,11,17H2,1-3H3. The van der Waals surface area contributed by atoms with E-state index >= 15 is 0 Å². The van der Waals surface area contributed by atoms with E-state index in [0.717, 1.165) is 29.9 Å². The summed E-state index contributed by atoms with van der Waals surface area (Å²) in [7, 11) is 0. The summed E-state index contributed by atoms with van der Waals surface area (Å²) in [5, 5.41) is 9.31. The van der Waals surface area contributed by atoms with Crippen molar-refractivity contribution in [1.82, 2.24) is 0 Å². The molecule has 1 heterocycles. The normalized spacial score (nSPS) is 19.5. The summed E-state index contributed by atoms with van der Waals surface area (Å²) in [5.41, 5.74) is 8.79. The maximum absolute atomic E-state index is 9.31. The van der Waals surface area contributed by atoms with Crippen LogP contribution in [0.15, 0.2) is 18.2 Å². The lowest BCUT2D eigenvalue weighted by molar-refractivity contribution is 0.263. The Balaban J connectivity index is 2.23. The van der Waals surface area contributed by atoms with Gasteiger partial charge in [-0.1, -0.05) is 26.8 Å². The number of hydrogen-bond donors (Lipinski definition) is 1. The molecule has 19 heavy (non-hydrogen) atoms. The molecule has 102 valence electrons. The molecule has 1 unspecified atom stereocenters. The van der Waals surface area contributed by atoms with Crippen molar-refractivity contribution in [2.24, 2.45) is 17.1 Å². The molecule has 1 aromatic carbocycles. The third kappa shape index (κ3) is 2.90. The van der Waals surface area contributed by atoms with Gasteiger partial charge >= 0.3 is 0 Å². The van der Waals surface area contributed by atoms with Crippen LogP contribution in [-0.4, -0.2) is 13.1 Å². The Hall–Kier alpha value is -1.53. The lowest BCUT2D eigenvalue weighted by Gasteiger charge is -2.27. The largest absolute Gasteiger partial charge is 0.370 e. The van der Waals surface area contributed by atoms with E-state index in [9.17, 15) is 5.26 Å². The van der Waals surface area contributed by atoms with Gasteiger partial charge in [0.25, 0.3) is 0 Å². The van der Waals surface area contributed by atoms with Gasteiger partial charge in [0.15, 0.2) is 0 Å². The van der Waals surface area contributed by atoms with E-state index in [4.69, 9.17) is 5.73 Å². The molecule has 0 aromatic heterocycles. The minimum absolute atomic E-state index is 0.332. The first-order valence-electron chi connectivity index (χ1n) is 6.93. The smallest absolute Gasteiger partial charge is 0.101 e. The Labute approximate surface area is 116 Å². The van der Waals surface area contributed by atoms with Gasteiger partial charge in [-0.2, -0.15) is 5.26 Å². The summed E-state index contributed by atoms with van der Waals surface area (Å²) in [6.45, 7) is 9.45.